The standard InChI is InChI=1S/C18H22N2O3/c1-3-5-18(21)20-12-14-7-8-16(17(10-14)22-2)23-13-15-6-4-9-19-11-15/h4,6-11H,3,5,12-13H2,1-2H3,(H,20,21). The van der Waals surface area contributed by atoms with Crippen LogP contribution < -0.4 is 14.8 Å². The molecule has 23 heavy (non-hydrogen) atoms. The van der Waals surface area contributed by atoms with E-state index in [4.69, 9.17) is 9.47 Å². The van der Waals surface area contributed by atoms with Crippen LogP contribution in [-0.2, 0) is 17.9 Å². The lowest BCUT2D eigenvalue weighted by molar-refractivity contribution is -0.121. The minimum absolute atomic E-state index is 0.0587. The van der Waals surface area contributed by atoms with E-state index >= 15 is 0 Å². The van der Waals surface area contributed by atoms with E-state index in [1.165, 1.54) is 0 Å². The van der Waals surface area contributed by atoms with Gasteiger partial charge in [0.15, 0.2) is 11.5 Å². The number of amides is 1. The molecule has 0 spiro atoms. The Balaban J connectivity index is 1.97. The monoisotopic (exact) mass is 314 g/mol. The SMILES string of the molecule is CCCC(=O)NCc1ccc(OCc2cccnc2)c(OC)c1. The zero-order valence-corrected chi connectivity index (χ0v) is 13.5. The van der Waals surface area contributed by atoms with Crippen molar-refractivity contribution in [1.29, 1.82) is 0 Å². The third-order valence-electron chi connectivity index (χ3n) is 3.31. The Morgan fingerprint density at radius 2 is 2.09 bits per heavy atom. The Kier molecular flexibility index (Phi) is 6.41. The first-order valence-corrected chi connectivity index (χ1v) is 7.68. The molecule has 5 heteroatoms. The lowest BCUT2D eigenvalue weighted by atomic mass is 10.2. The van der Waals surface area contributed by atoms with Gasteiger partial charge in [-0.1, -0.05) is 19.1 Å². The molecular formula is C18H22N2O3. The van der Waals surface area contributed by atoms with Crippen LogP contribution in [0.3, 0.4) is 0 Å². The summed E-state index contributed by atoms with van der Waals surface area (Å²) < 4.78 is 11.2. The molecule has 0 radical (unpaired) electrons. The third kappa shape index (κ3) is 5.29. The number of benzene rings is 1. The largest absolute Gasteiger partial charge is 0.493 e. The van der Waals surface area contributed by atoms with Gasteiger partial charge in [-0.3, -0.25) is 9.78 Å². The number of pyridine rings is 1. The number of nitrogens with zero attached hydrogens (tertiary/aromatic N) is 1. The van der Waals surface area contributed by atoms with Crippen molar-refractivity contribution in [2.75, 3.05) is 7.11 Å². The highest BCUT2D eigenvalue weighted by Crippen LogP contribution is 2.28. The first-order valence-electron chi connectivity index (χ1n) is 7.68. The van der Waals surface area contributed by atoms with Crippen LogP contribution in [0.25, 0.3) is 0 Å². The molecule has 1 heterocycles. The molecule has 2 rings (SSSR count). The predicted molar refractivity (Wildman–Crippen MR) is 88.3 cm³/mol. The van der Waals surface area contributed by atoms with Gasteiger partial charge in [-0.05, 0) is 30.2 Å². The lowest BCUT2D eigenvalue weighted by Gasteiger charge is -2.12. The highest BCUT2D eigenvalue weighted by molar-refractivity contribution is 5.75. The molecule has 0 fully saturated rings. The van der Waals surface area contributed by atoms with Crippen LogP contribution in [0.5, 0.6) is 11.5 Å². The smallest absolute Gasteiger partial charge is 0.220 e. The number of nitrogens with one attached hydrogen (secondary N) is 1. The van der Waals surface area contributed by atoms with Crippen LogP contribution in [0.1, 0.15) is 30.9 Å². The van der Waals surface area contributed by atoms with Crippen molar-refractivity contribution >= 4 is 5.91 Å². The van der Waals surface area contributed by atoms with Gasteiger partial charge in [0, 0.05) is 30.9 Å². The summed E-state index contributed by atoms with van der Waals surface area (Å²) in [4.78, 5) is 15.6. The zero-order chi connectivity index (χ0) is 16.5. The van der Waals surface area contributed by atoms with Gasteiger partial charge in [0.2, 0.25) is 5.91 Å². The van der Waals surface area contributed by atoms with E-state index in [0.29, 0.717) is 31.1 Å². The van der Waals surface area contributed by atoms with Crippen LogP contribution >= 0.6 is 0 Å². The number of carbonyl (C=O) groups excluding carboxylic acids is 1. The molecule has 1 N–H and O–H groups in total. The average Bonchev–Trinajstić information content (AvgIpc) is 2.59. The van der Waals surface area contributed by atoms with E-state index in [1.54, 1.807) is 19.5 Å². The molecular weight excluding hydrogens is 292 g/mol. The van der Waals surface area contributed by atoms with Crippen molar-refractivity contribution in [3.8, 4) is 11.5 Å². The van der Waals surface area contributed by atoms with Crippen molar-refractivity contribution in [2.24, 2.45) is 0 Å². The van der Waals surface area contributed by atoms with Crippen molar-refractivity contribution in [2.45, 2.75) is 32.9 Å². The molecule has 0 atom stereocenters. The van der Waals surface area contributed by atoms with Crippen molar-refractivity contribution in [1.82, 2.24) is 10.3 Å². The Morgan fingerprint density at radius 3 is 2.78 bits per heavy atom. The number of hydrogen-bond donors (Lipinski definition) is 1. The summed E-state index contributed by atoms with van der Waals surface area (Å²) in [6.07, 6.45) is 4.88. The van der Waals surface area contributed by atoms with Crippen LogP contribution in [-0.4, -0.2) is 18.0 Å². The summed E-state index contributed by atoms with van der Waals surface area (Å²) >= 11 is 0. The number of methoxy groups -OCH3 is 1. The number of carbonyl (C=O) groups is 1. The topological polar surface area (TPSA) is 60.5 Å². The van der Waals surface area contributed by atoms with Crippen LogP contribution in [0, 0.1) is 0 Å². The number of ether oxygens (including phenoxy) is 2. The second-order valence-electron chi connectivity index (χ2n) is 5.16. The molecule has 2 aromatic rings. The summed E-state index contributed by atoms with van der Waals surface area (Å²) in [5.41, 5.74) is 1.96. The minimum atomic E-state index is 0.0587. The fraction of sp³-hybridized carbons (Fsp3) is 0.333. The van der Waals surface area contributed by atoms with Crippen molar-refractivity contribution < 1.29 is 14.3 Å². The summed E-state index contributed by atoms with van der Waals surface area (Å²) in [5.74, 6) is 1.37. The summed E-state index contributed by atoms with van der Waals surface area (Å²) in [6.45, 7) is 2.89. The molecule has 0 aliphatic rings. The second-order valence-corrected chi connectivity index (χ2v) is 5.16. The molecule has 0 saturated carbocycles. The molecule has 1 aromatic carbocycles. The summed E-state index contributed by atoms with van der Waals surface area (Å²) in [5, 5.41) is 2.88. The Labute approximate surface area is 136 Å². The molecule has 0 aliphatic heterocycles. The van der Waals surface area contributed by atoms with Crippen molar-refractivity contribution in [3.05, 3.63) is 53.9 Å². The number of aromatic nitrogens is 1. The Hall–Kier alpha value is -2.56. The van der Waals surface area contributed by atoms with E-state index in [9.17, 15) is 4.79 Å². The first kappa shape index (κ1) is 16.8. The maximum atomic E-state index is 11.5. The molecule has 5 nitrogen and oxygen atoms in total. The zero-order valence-electron chi connectivity index (χ0n) is 13.5. The summed E-state index contributed by atoms with van der Waals surface area (Å²) in [7, 11) is 1.60. The lowest BCUT2D eigenvalue weighted by Crippen LogP contribution is -2.22. The normalized spacial score (nSPS) is 10.2. The maximum Gasteiger partial charge on any atom is 0.220 e. The molecule has 0 unspecified atom stereocenters. The van der Waals surface area contributed by atoms with Gasteiger partial charge in [-0.15, -0.1) is 0 Å². The minimum Gasteiger partial charge on any atom is -0.493 e. The van der Waals surface area contributed by atoms with Crippen LogP contribution in [0.4, 0.5) is 0 Å². The number of hydrogen-bond acceptors (Lipinski definition) is 4. The summed E-state index contributed by atoms with van der Waals surface area (Å²) in [6, 6.07) is 9.49. The van der Waals surface area contributed by atoms with Gasteiger partial charge in [0.25, 0.3) is 0 Å². The molecule has 122 valence electrons. The van der Waals surface area contributed by atoms with Gasteiger partial charge in [0.05, 0.1) is 7.11 Å². The Bertz CT molecular complexity index is 629. The van der Waals surface area contributed by atoms with Gasteiger partial charge >= 0.3 is 0 Å². The quantitative estimate of drug-likeness (QED) is 0.813. The van der Waals surface area contributed by atoms with Crippen molar-refractivity contribution in [3.63, 3.8) is 0 Å². The molecule has 1 amide bonds. The van der Waals surface area contributed by atoms with Crippen LogP contribution in [0.15, 0.2) is 42.7 Å². The highest BCUT2D eigenvalue weighted by Gasteiger charge is 2.07. The maximum absolute atomic E-state index is 11.5. The third-order valence-corrected chi connectivity index (χ3v) is 3.31. The average molecular weight is 314 g/mol. The van der Waals surface area contributed by atoms with E-state index < -0.39 is 0 Å². The van der Waals surface area contributed by atoms with Gasteiger partial charge in [0.1, 0.15) is 6.61 Å². The van der Waals surface area contributed by atoms with Gasteiger partial charge < -0.3 is 14.8 Å². The molecule has 1 aromatic heterocycles. The van der Waals surface area contributed by atoms with E-state index in [1.807, 2.05) is 37.3 Å². The van der Waals surface area contributed by atoms with E-state index in [-0.39, 0.29) is 5.91 Å². The Morgan fingerprint density at radius 1 is 1.22 bits per heavy atom. The predicted octanol–water partition coefficient (Wildman–Crippen LogP) is 3.09. The van der Waals surface area contributed by atoms with E-state index in [0.717, 1.165) is 17.5 Å². The number of rotatable bonds is 8. The molecule has 0 saturated heterocycles. The fourth-order valence-electron chi connectivity index (χ4n) is 2.10. The van der Waals surface area contributed by atoms with E-state index in [2.05, 4.69) is 10.3 Å². The second kappa shape index (κ2) is 8.78. The molecule has 0 aliphatic carbocycles. The first-order chi connectivity index (χ1) is 11.2. The molecule has 0 bridgehead atoms. The fourth-order valence-corrected chi connectivity index (χ4v) is 2.10. The van der Waals surface area contributed by atoms with Gasteiger partial charge in [-0.2, -0.15) is 0 Å². The van der Waals surface area contributed by atoms with Crippen LogP contribution in [0.2, 0.25) is 0 Å². The van der Waals surface area contributed by atoms with Gasteiger partial charge in [-0.25, -0.2) is 0 Å². The highest BCUT2D eigenvalue weighted by atomic mass is 16.5.